The minimum absolute atomic E-state index is 0.176. The molecule has 1 aromatic heterocycles. The molecule has 1 fully saturated rings. The molecule has 2 aromatic rings. The Balaban J connectivity index is 1.69. The number of halogens is 1. The second-order valence-electron chi connectivity index (χ2n) is 5.34. The third kappa shape index (κ3) is 3.70. The summed E-state index contributed by atoms with van der Waals surface area (Å²) in [5.41, 5.74) is 1.84. The number of ketones is 1. The van der Waals surface area contributed by atoms with E-state index in [0.717, 1.165) is 29.2 Å². The van der Waals surface area contributed by atoms with Crippen molar-refractivity contribution in [1.82, 2.24) is 9.27 Å². The molecule has 0 amide bonds. The van der Waals surface area contributed by atoms with Crippen LogP contribution < -0.4 is 0 Å². The van der Waals surface area contributed by atoms with Crippen LogP contribution in [0.2, 0.25) is 5.02 Å². The number of carbonyl (C=O) groups is 1. The average molecular weight is 321 g/mol. The zero-order valence-corrected chi connectivity index (χ0v) is 13.3. The van der Waals surface area contributed by atoms with Gasteiger partial charge in [-0.2, -0.15) is 4.37 Å². The lowest BCUT2D eigenvalue weighted by Crippen LogP contribution is -2.34. The second-order valence-corrected chi connectivity index (χ2v) is 6.58. The summed E-state index contributed by atoms with van der Waals surface area (Å²) in [6.07, 6.45) is 3.68. The third-order valence-corrected chi connectivity index (χ3v) is 4.82. The molecule has 3 nitrogen and oxygen atoms in total. The normalized spacial score (nSPS) is 16.0. The van der Waals surface area contributed by atoms with Gasteiger partial charge in [-0.25, -0.2) is 0 Å². The highest BCUT2D eigenvalue weighted by atomic mass is 35.5. The van der Waals surface area contributed by atoms with E-state index in [-0.39, 0.29) is 5.78 Å². The first-order valence-electron chi connectivity index (χ1n) is 7.20. The highest BCUT2D eigenvalue weighted by molar-refractivity contribution is 7.08. The summed E-state index contributed by atoms with van der Waals surface area (Å²) in [5, 5.41) is 0.704. The predicted octanol–water partition coefficient (Wildman–Crippen LogP) is 4.13. The lowest BCUT2D eigenvalue weighted by Gasteiger charge is -2.25. The number of rotatable bonds is 4. The summed E-state index contributed by atoms with van der Waals surface area (Å²) in [6.45, 7) is 2.59. The van der Waals surface area contributed by atoms with Crippen molar-refractivity contribution in [2.45, 2.75) is 19.3 Å². The van der Waals surface area contributed by atoms with Crippen molar-refractivity contribution in [3.63, 3.8) is 0 Å². The minimum Gasteiger partial charge on any atom is -0.296 e. The van der Waals surface area contributed by atoms with Gasteiger partial charge in [0.1, 0.15) is 0 Å². The topological polar surface area (TPSA) is 33.2 Å². The summed E-state index contributed by atoms with van der Waals surface area (Å²) in [4.78, 5) is 15.3. The van der Waals surface area contributed by atoms with Crippen molar-refractivity contribution in [3.8, 4) is 11.3 Å². The molecule has 1 aromatic carbocycles. The van der Waals surface area contributed by atoms with Crippen molar-refractivity contribution in [2.24, 2.45) is 0 Å². The number of piperidine rings is 1. The summed E-state index contributed by atoms with van der Waals surface area (Å²) in [7, 11) is 0. The van der Waals surface area contributed by atoms with Gasteiger partial charge in [0.15, 0.2) is 5.78 Å². The maximum Gasteiger partial charge on any atom is 0.188 e. The number of aromatic nitrogens is 1. The van der Waals surface area contributed by atoms with Gasteiger partial charge in [0.25, 0.3) is 0 Å². The van der Waals surface area contributed by atoms with E-state index in [4.69, 9.17) is 11.6 Å². The maximum atomic E-state index is 12.3. The maximum absolute atomic E-state index is 12.3. The molecule has 1 aliphatic rings. The molecule has 2 heterocycles. The van der Waals surface area contributed by atoms with E-state index in [9.17, 15) is 4.79 Å². The van der Waals surface area contributed by atoms with Gasteiger partial charge < -0.3 is 0 Å². The second kappa shape index (κ2) is 6.69. The van der Waals surface area contributed by atoms with Crippen LogP contribution in [0.3, 0.4) is 0 Å². The van der Waals surface area contributed by atoms with E-state index in [1.807, 2.05) is 30.3 Å². The van der Waals surface area contributed by atoms with Crippen LogP contribution in [-0.2, 0) is 0 Å². The van der Waals surface area contributed by atoms with Crippen LogP contribution in [0, 0.1) is 0 Å². The Morgan fingerprint density at radius 1 is 1.19 bits per heavy atom. The van der Waals surface area contributed by atoms with Gasteiger partial charge in [-0.3, -0.25) is 9.69 Å². The summed E-state index contributed by atoms with van der Waals surface area (Å²) >= 11 is 7.17. The number of Topliss-reactive ketones (excluding diaryl/α,β-unsaturated/α-hetero) is 1. The van der Waals surface area contributed by atoms with Gasteiger partial charge in [0, 0.05) is 10.6 Å². The molecule has 0 N–H and O–H groups in total. The first kappa shape index (κ1) is 14.7. The first-order valence-corrected chi connectivity index (χ1v) is 8.36. The first-order chi connectivity index (χ1) is 10.2. The molecule has 0 spiro atoms. The third-order valence-electron chi connectivity index (χ3n) is 3.74. The Morgan fingerprint density at radius 2 is 1.90 bits per heavy atom. The Morgan fingerprint density at radius 3 is 2.62 bits per heavy atom. The lowest BCUT2D eigenvalue weighted by atomic mass is 10.1. The standard InChI is InChI=1S/C16H17ClN2OS/c17-13-6-4-12(5-7-13)14-10-16(21-18-14)15(20)11-19-8-2-1-3-9-19/h4-7,10H,1-3,8-9,11H2. The smallest absolute Gasteiger partial charge is 0.188 e. The zero-order valence-electron chi connectivity index (χ0n) is 11.7. The van der Waals surface area contributed by atoms with E-state index < -0.39 is 0 Å². The number of benzene rings is 1. The quantitative estimate of drug-likeness (QED) is 0.794. The molecule has 110 valence electrons. The van der Waals surface area contributed by atoms with E-state index in [1.165, 1.54) is 30.8 Å². The zero-order chi connectivity index (χ0) is 14.7. The van der Waals surface area contributed by atoms with Crippen LogP contribution in [-0.4, -0.2) is 34.7 Å². The molecule has 0 bridgehead atoms. The highest BCUT2D eigenvalue weighted by Crippen LogP contribution is 2.24. The van der Waals surface area contributed by atoms with Gasteiger partial charge in [-0.15, -0.1) is 0 Å². The number of nitrogens with zero attached hydrogens (tertiary/aromatic N) is 2. The minimum atomic E-state index is 0.176. The summed E-state index contributed by atoms with van der Waals surface area (Å²) in [5.74, 6) is 0.176. The van der Waals surface area contributed by atoms with Crippen molar-refractivity contribution in [2.75, 3.05) is 19.6 Å². The molecule has 0 unspecified atom stereocenters. The van der Waals surface area contributed by atoms with Crippen molar-refractivity contribution < 1.29 is 4.79 Å². The van der Waals surface area contributed by atoms with Crippen LogP contribution in [0.5, 0.6) is 0 Å². The van der Waals surface area contributed by atoms with E-state index in [2.05, 4.69) is 9.27 Å². The van der Waals surface area contributed by atoms with E-state index in [1.54, 1.807) is 0 Å². The highest BCUT2D eigenvalue weighted by Gasteiger charge is 2.17. The molecule has 0 atom stereocenters. The molecule has 0 saturated carbocycles. The molecule has 3 rings (SSSR count). The largest absolute Gasteiger partial charge is 0.296 e. The molecule has 1 aliphatic heterocycles. The number of likely N-dealkylation sites (tertiary alicyclic amines) is 1. The fraction of sp³-hybridized carbons (Fsp3) is 0.375. The fourth-order valence-electron chi connectivity index (χ4n) is 2.56. The van der Waals surface area contributed by atoms with E-state index >= 15 is 0 Å². The number of hydrogen-bond acceptors (Lipinski definition) is 4. The van der Waals surface area contributed by atoms with Crippen LogP contribution in [0.4, 0.5) is 0 Å². The fourth-order valence-corrected chi connectivity index (χ4v) is 3.37. The van der Waals surface area contributed by atoms with Gasteiger partial charge in [0.05, 0.1) is 17.1 Å². The Bertz CT molecular complexity index is 617. The average Bonchev–Trinajstić information content (AvgIpc) is 2.99. The predicted molar refractivity (Wildman–Crippen MR) is 87.2 cm³/mol. The van der Waals surface area contributed by atoms with Crippen LogP contribution in [0.1, 0.15) is 28.9 Å². The van der Waals surface area contributed by atoms with Crippen molar-refractivity contribution >= 4 is 28.9 Å². The summed E-state index contributed by atoms with van der Waals surface area (Å²) < 4.78 is 4.39. The SMILES string of the molecule is O=C(CN1CCCCC1)c1cc(-c2ccc(Cl)cc2)ns1. The van der Waals surface area contributed by atoms with Gasteiger partial charge >= 0.3 is 0 Å². The molecular weight excluding hydrogens is 304 g/mol. The van der Waals surface area contributed by atoms with E-state index in [0.29, 0.717) is 11.6 Å². The molecular formula is C16H17ClN2OS. The van der Waals surface area contributed by atoms with Crippen LogP contribution in [0.25, 0.3) is 11.3 Å². The number of hydrogen-bond donors (Lipinski definition) is 0. The van der Waals surface area contributed by atoms with Gasteiger partial charge in [0.2, 0.25) is 0 Å². The Hall–Kier alpha value is -1.23. The van der Waals surface area contributed by atoms with Gasteiger partial charge in [-0.1, -0.05) is 30.2 Å². The Labute approximate surface area is 133 Å². The van der Waals surface area contributed by atoms with Crippen molar-refractivity contribution in [1.29, 1.82) is 0 Å². The lowest BCUT2D eigenvalue weighted by molar-refractivity contribution is 0.0920. The molecule has 0 aliphatic carbocycles. The summed E-state index contributed by atoms with van der Waals surface area (Å²) in [6, 6.07) is 9.42. The molecule has 21 heavy (non-hydrogen) atoms. The monoisotopic (exact) mass is 320 g/mol. The van der Waals surface area contributed by atoms with Crippen LogP contribution in [0.15, 0.2) is 30.3 Å². The van der Waals surface area contributed by atoms with Gasteiger partial charge in [-0.05, 0) is 55.7 Å². The molecule has 1 saturated heterocycles. The van der Waals surface area contributed by atoms with Crippen LogP contribution >= 0.6 is 23.1 Å². The van der Waals surface area contributed by atoms with Crippen molar-refractivity contribution in [3.05, 3.63) is 40.2 Å². The molecule has 0 radical (unpaired) electrons. The Kier molecular flexibility index (Phi) is 4.68. The number of carbonyl (C=O) groups excluding carboxylic acids is 1. The molecule has 5 heteroatoms.